The Morgan fingerprint density at radius 2 is 1.18 bits per heavy atom. The van der Waals surface area contributed by atoms with E-state index in [9.17, 15) is 0 Å². The van der Waals surface area contributed by atoms with Gasteiger partial charge in [0, 0.05) is 66.0 Å². The van der Waals surface area contributed by atoms with E-state index in [1.165, 1.54) is 22.3 Å². The lowest BCUT2D eigenvalue weighted by Crippen LogP contribution is -2.16. The van der Waals surface area contributed by atoms with Gasteiger partial charge in [-0.3, -0.25) is 0 Å². The summed E-state index contributed by atoms with van der Waals surface area (Å²) in [7, 11) is 0. The normalized spacial score (nSPS) is 14.8. The summed E-state index contributed by atoms with van der Waals surface area (Å²) in [6.07, 6.45) is 11.0. The Morgan fingerprint density at radius 3 is 1.75 bits per heavy atom. The van der Waals surface area contributed by atoms with Crippen LogP contribution < -0.4 is 21.4 Å². The molecule has 4 nitrogen and oxygen atoms in total. The van der Waals surface area contributed by atoms with E-state index >= 15 is 0 Å². The summed E-state index contributed by atoms with van der Waals surface area (Å²) >= 11 is 7.19. The quantitative estimate of drug-likeness (QED) is 0.189. The van der Waals surface area contributed by atoms with Gasteiger partial charge in [0.1, 0.15) is 0 Å². The summed E-state index contributed by atoms with van der Waals surface area (Å²) in [5, 5.41) is 6.06. The Bertz CT molecular complexity index is 2020. The smallest absolute Gasteiger partial charge is 0.0485 e. The molecule has 1 aliphatic heterocycles. The van der Waals surface area contributed by atoms with Gasteiger partial charge in [-0.2, -0.15) is 0 Å². The highest BCUT2D eigenvalue weighted by Crippen LogP contribution is 2.29. The second kappa shape index (κ2) is 10.7. The van der Waals surface area contributed by atoms with Crippen LogP contribution in [0.4, 0.5) is 0 Å². The van der Waals surface area contributed by atoms with Crippen molar-refractivity contribution in [1.82, 2.24) is 19.9 Å². The van der Waals surface area contributed by atoms with E-state index in [1.807, 2.05) is 0 Å². The standard InChI is InChI=1S/C34H28Br2N4/c35-19-21-1-5-23(6-2-21)33-29-13-9-25(37-29)17-27-11-15-31(39-27)34(24-7-3-22(20-36)4-8-24)32-16-12-28(40-32)18-26-10-14-30(33)38-26/h1-3,5-7,9-18,37-40H,4,8,19-20H2. The monoisotopic (exact) mass is 650 g/mol. The van der Waals surface area contributed by atoms with Crippen molar-refractivity contribution in [1.29, 1.82) is 0 Å². The third-order valence-electron chi connectivity index (χ3n) is 7.66. The van der Waals surface area contributed by atoms with Crippen molar-refractivity contribution in [2.24, 2.45) is 0 Å². The van der Waals surface area contributed by atoms with Gasteiger partial charge in [0.2, 0.25) is 0 Å². The summed E-state index contributed by atoms with van der Waals surface area (Å²) in [4.78, 5) is 14.7. The van der Waals surface area contributed by atoms with Crippen LogP contribution in [0.2, 0.25) is 0 Å². The van der Waals surface area contributed by atoms with E-state index in [0.29, 0.717) is 0 Å². The molecule has 6 heteroatoms. The van der Waals surface area contributed by atoms with Crippen LogP contribution in [0.5, 0.6) is 0 Å². The maximum absolute atomic E-state index is 3.69. The Kier molecular flexibility index (Phi) is 6.74. The number of rotatable bonds is 4. The molecule has 7 rings (SSSR count). The maximum Gasteiger partial charge on any atom is 0.0485 e. The first-order valence-electron chi connectivity index (χ1n) is 13.5. The lowest BCUT2D eigenvalue weighted by Gasteiger charge is -2.15. The molecule has 0 radical (unpaired) electrons. The molecule has 1 aliphatic carbocycles. The number of fused-ring (bicyclic) bond motifs is 8. The van der Waals surface area contributed by atoms with E-state index in [0.717, 1.165) is 78.8 Å². The van der Waals surface area contributed by atoms with Gasteiger partial charge in [0.05, 0.1) is 0 Å². The summed E-state index contributed by atoms with van der Waals surface area (Å²) in [5.41, 5.74) is 11.8. The first kappa shape index (κ1) is 25.2. The topological polar surface area (TPSA) is 63.2 Å². The van der Waals surface area contributed by atoms with E-state index in [1.54, 1.807) is 0 Å². The second-order valence-corrected chi connectivity index (χ2v) is 11.5. The number of halogens is 2. The molecule has 40 heavy (non-hydrogen) atoms. The van der Waals surface area contributed by atoms with Gasteiger partial charge in [-0.1, -0.05) is 73.9 Å². The minimum absolute atomic E-state index is 0.840. The third kappa shape index (κ3) is 4.87. The summed E-state index contributed by atoms with van der Waals surface area (Å²) in [5.74, 6) is 0. The molecule has 2 aliphatic rings. The molecule has 0 fully saturated rings. The summed E-state index contributed by atoms with van der Waals surface area (Å²) in [6.45, 7) is 0. The number of hydrogen-bond donors (Lipinski definition) is 4. The SMILES string of the molecule is BrCC1=CC=C(C2=c3ccc([nH]3)=Cc3ccc([nH]3)C(c3ccc(CBr)cc3)=c3ccc([nH]3)=Cc3ccc2[nH]3)CC1. The van der Waals surface area contributed by atoms with Crippen LogP contribution in [0.1, 0.15) is 46.7 Å². The minimum atomic E-state index is 0.840. The highest BCUT2D eigenvalue weighted by atomic mass is 79.9. The Labute approximate surface area is 248 Å². The second-order valence-electron chi connectivity index (χ2n) is 10.3. The zero-order chi connectivity index (χ0) is 27.1. The maximum atomic E-state index is 3.69. The molecule has 0 amide bonds. The van der Waals surface area contributed by atoms with E-state index in [2.05, 4.69) is 149 Å². The van der Waals surface area contributed by atoms with Gasteiger partial charge in [-0.25, -0.2) is 0 Å². The van der Waals surface area contributed by atoms with Crippen molar-refractivity contribution >= 4 is 55.2 Å². The Hall–Kier alpha value is -3.74. The number of nitrogens with one attached hydrogen (secondary N) is 4. The number of hydrogen-bond acceptors (Lipinski definition) is 0. The number of benzene rings is 1. The largest absolute Gasteiger partial charge is 0.355 e. The minimum Gasteiger partial charge on any atom is -0.355 e. The Balaban J connectivity index is 1.46. The van der Waals surface area contributed by atoms with Gasteiger partial charge >= 0.3 is 0 Å². The van der Waals surface area contributed by atoms with Gasteiger partial charge in [0.25, 0.3) is 0 Å². The van der Waals surface area contributed by atoms with Gasteiger partial charge in [-0.05, 0) is 90.2 Å². The van der Waals surface area contributed by atoms with Crippen LogP contribution in [-0.4, -0.2) is 25.3 Å². The van der Waals surface area contributed by atoms with Gasteiger partial charge in [0.15, 0.2) is 0 Å². The number of allylic oxidation sites excluding steroid dienone is 4. The molecule has 0 spiro atoms. The van der Waals surface area contributed by atoms with Crippen LogP contribution in [0.25, 0.3) is 23.3 Å². The number of alkyl halides is 2. The van der Waals surface area contributed by atoms with E-state index < -0.39 is 0 Å². The molecular formula is C34H28Br2N4. The highest BCUT2D eigenvalue weighted by Gasteiger charge is 2.16. The van der Waals surface area contributed by atoms with Gasteiger partial charge in [-0.15, -0.1) is 0 Å². The zero-order valence-corrected chi connectivity index (χ0v) is 25.0. The van der Waals surface area contributed by atoms with Crippen LogP contribution in [0.15, 0.2) is 96.1 Å². The van der Waals surface area contributed by atoms with E-state index in [-0.39, 0.29) is 0 Å². The molecule has 5 heterocycles. The molecule has 198 valence electrons. The van der Waals surface area contributed by atoms with Crippen molar-refractivity contribution in [3.8, 4) is 0 Å². The fraction of sp³-hybridized carbons (Fsp3) is 0.118. The molecule has 0 saturated heterocycles. The molecule has 0 saturated carbocycles. The lowest BCUT2D eigenvalue weighted by atomic mass is 9.92. The van der Waals surface area contributed by atoms with Crippen molar-refractivity contribution in [2.75, 3.05) is 5.33 Å². The van der Waals surface area contributed by atoms with Crippen LogP contribution in [0, 0.1) is 0 Å². The zero-order valence-electron chi connectivity index (χ0n) is 21.8. The molecule has 0 unspecified atom stereocenters. The van der Waals surface area contributed by atoms with Crippen LogP contribution >= 0.6 is 31.9 Å². The summed E-state index contributed by atoms with van der Waals surface area (Å²) in [6, 6.07) is 26.1. The predicted octanol–water partition coefficient (Wildman–Crippen LogP) is 5.35. The average Bonchev–Trinajstić information content (AvgIpc) is 3.80. The first-order valence-corrected chi connectivity index (χ1v) is 15.7. The van der Waals surface area contributed by atoms with Crippen LogP contribution in [0.3, 0.4) is 0 Å². The molecule has 4 aromatic heterocycles. The molecule has 5 aromatic rings. The highest BCUT2D eigenvalue weighted by molar-refractivity contribution is 9.09. The van der Waals surface area contributed by atoms with Crippen molar-refractivity contribution in [3.63, 3.8) is 0 Å². The van der Waals surface area contributed by atoms with Crippen LogP contribution in [-0.2, 0) is 5.33 Å². The lowest BCUT2D eigenvalue weighted by molar-refractivity contribution is 0.933. The number of H-pyrrole nitrogens is 4. The number of aromatic amines is 4. The molecule has 4 N–H and O–H groups in total. The molecule has 8 bridgehead atoms. The predicted molar refractivity (Wildman–Crippen MR) is 171 cm³/mol. The van der Waals surface area contributed by atoms with Crippen molar-refractivity contribution < 1.29 is 0 Å². The molecule has 1 aromatic carbocycles. The van der Waals surface area contributed by atoms with Gasteiger partial charge < -0.3 is 19.9 Å². The fourth-order valence-electron chi connectivity index (χ4n) is 5.61. The first-order chi connectivity index (χ1) is 19.7. The molecule has 0 atom stereocenters. The third-order valence-corrected chi connectivity index (χ3v) is 9.03. The van der Waals surface area contributed by atoms with Crippen molar-refractivity contribution in [3.05, 3.63) is 151 Å². The molecular weight excluding hydrogens is 624 g/mol. The average molecular weight is 652 g/mol. The van der Waals surface area contributed by atoms with Crippen molar-refractivity contribution in [2.45, 2.75) is 18.2 Å². The fourth-order valence-corrected chi connectivity index (χ4v) is 6.45. The van der Waals surface area contributed by atoms with E-state index in [4.69, 9.17) is 0 Å². The summed E-state index contributed by atoms with van der Waals surface area (Å²) < 4.78 is 0. The number of aromatic nitrogens is 4. The Morgan fingerprint density at radius 1 is 0.550 bits per heavy atom.